The highest BCUT2D eigenvalue weighted by Crippen LogP contribution is 2.38. The first-order valence-electron chi connectivity index (χ1n) is 6.79. The van der Waals surface area contributed by atoms with E-state index < -0.39 is 5.97 Å². The van der Waals surface area contributed by atoms with Crippen LogP contribution in [0.4, 0.5) is 11.5 Å². The van der Waals surface area contributed by atoms with E-state index in [1.54, 1.807) is 7.11 Å². The summed E-state index contributed by atoms with van der Waals surface area (Å²) >= 11 is 0. The minimum absolute atomic E-state index is 0.0976. The molecule has 1 aliphatic carbocycles. The van der Waals surface area contributed by atoms with Gasteiger partial charge in [0.15, 0.2) is 5.82 Å². The van der Waals surface area contributed by atoms with Crippen LogP contribution in [0.5, 0.6) is 0 Å². The quantitative estimate of drug-likeness (QED) is 0.788. The molecule has 0 aliphatic heterocycles. The zero-order chi connectivity index (χ0) is 14.7. The highest BCUT2D eigenvalue weighted by Gasteiger charge is 2.33. The van der Waals surface area contributed by atoms with Crippen molar-refractivity contribution in [2.24, 2.45) is 5.92 Å². The number of aromatic carboxylic acids is 1. The summed E-state index contributed by atoms with van der Waals surface area (Å²) < 4.78 is 5.14. The largest absolute Gasteiger partial charge is 0.478 e. The number of methoxy groups -OCH3 is 1. The van der Waals surface area contributed by atoms with Crippen LogP contribution in [-0.2, 0) is 4.74 Å². The molecule has 1 unspecified atom stereocenters. The molecule has 1 heterocycles. The summed E-state index contributed by atoms with van der Waals surface area (Å²) in [7, 11) is 1.64. The lowest BCUT2D eigenvalue weighted by molar-refractivity contribution is 0.0698. The monoisotopic (exact) mass is 279 g/mol. The van der Waals surface area contributed by atoms with E-state index in [1.807, 2.05) is 0 Å². The molecule has 3 N–H and O–H groups in total. The number of aromatic nitrogens is 1. The maximum absolute atomic E-state index is 11.2. The summed E-state index contributed by atoms with van der Waals surface area (Å²) in [6, 6.07) is 1.71. The van der Waals surface area contributed by atoms with E-state index in [1.165, 1.54) is 25.1 Å². The van der Waals surface area contributed by atoms with Gasteiger partial charge in [0.05, 0.1) is 17.9 Å². The van der Waals surface area contributed by atoms with E-state index >= 15 is 0 Å². The molecular formula is C14H21N3O3. The van der Waals surface area contributed by atoms with Crippen LogP contribution in [0.15, 0.2) is 12.3 Å². The first-order chi connectivity index (χ1) is 9.56. The van der Waals surface area contributed by atoms with Gasteiger partial charge in [-0.3, -0.25) is 0 Å². The molecular weight excluding hydrogens is 258 g/mol. The van der Waals surface area contributed by atoms with E-state index in [2.05, 4.69) is 16.8 Å². The molecule has 110 valence electrons. The smallest absolute Gasteiger partial charge is 0.337 e. The molecule has 0 radical (unpaired) electrons. The van der Waals surface area contributed by atoms with Gasteiger partial charge in [0, 0.05) is 25.9 Å². The predicted octanol–water partition coefficient (Wildman–Crippen LogP) is 1.61. The van der Waals surface area contributed by atoms with Crippen LogP contribution in [0.1, 0.15) is 30.1 Å². The molecule has 1 aliphatic rings. The van der Waals surface area contributed by atoms with Crippen LogP contribution in [0.25, 0.3) is 0 Å². The minimum Gasteiger partial charge on any atom is -0.478 e. The lowest BCUT2D eigenvalue weighted by Gasteiger charge is -2.31. The Kier molecular flexibility index (Phi) is 4.44. The van der Waals surface area contributed by atoms with E-state index in [0.29, 0.717) is 24.9 Å². The topological polar surface area (TPSA) is 88.7 Å². The molecule has 1 atom stereocenters. The summed E-state index contributed by atoms with van der Waals surface area (Å²) in [5.74, 6) is 0.139. The van der Waals surface area contributed by atoms with Crippen LogP contribution in [0.2, 0.25) is 0 Å². The minimum atomic E-state index is -1.03. The van der Waals surface area contributed by atoms with Crippen molar-refractivity contribution in [1.82, 2.24) is 4.98 Å². The van der Waals surface area contributed by atoms with Crippen LogP contribution < -0.4 is 10.6 Å². The standard InChI is InChI=1S/C14H21N3O3/c1-9(10-3-4-10)17(7-8-20-2)13-12(15)11(14(18)19)5-6-16-13/h5-6,9-10H,3-4,7-8,15H2,1-2H3,(H,18,19). The number of carbonyl (C=O) groups is 1. The number of hydrogen-bond acceptors (Lipinski definition) is 5. The molecule has 0 saturated heterocycles. The summed E-state index contributed by atoms with van der Waals surface area (Å²) in [6.07, 6.45) is 3.89. The fourth-order valence-electron chi connectivity index (χ4n) is 2.40. The van der Waals surface area contributed by atoms with E-state index in [-0.39, 0.29) is 17.3 Å². The molecule has 20 heavy (non-hydrogen) atoms. The van der Waals surface area contributed by atoms with Crippen molar-refractivity contribution in [1.29, 1.82) is 0 Å². The summed E-state index contributed by atoms with van der Waals surface area (Å²) in [5.41, 5.74) is 6.31. The summed E-state index contributed by atoms with van der Waals surface area (Å²) in [6.45, 7) is 3.33. The van der Waals surface area contributed by atoms with Gasteiger partial charge in [0.2, 0.25) is 0 Å². The molecule has 1 fully saturated rings. The molecule has 0 spiro atoms. The van der Waals surface area contributed by atoms with Crippen molar-refractivity contribution in [3.05, 3.63) is 17.8 Å². The Morgan fingerprint density at radius 2 is 2.35 bits per heavy atom. The SMILES string of the molecule is COCCN(c1nccc(C(=O)O)c1N)C(C)C1CC1. The summed E-state index contributed by atoms with van der Waals surface area (Å²) in [4.78, 5) is 17.5. The number of nitrogens with zero attached hydrogens (tertiary/aromatic N) is 2. The zero-order valence-corrected chi connectivity index (χ0v) is 11.9. The van der Waals surface area contributed by atoms with Crippen molar-refractivity contribution in [3.63, 3.8) is 0 Å². The molecule has 0 aromatic carbocycles. The Morgan fingerprint density at radius 3 is 2.90 bits per heavy atom. The highest BCUT2D eigenvalue weighted by molar-refractivity contribution is 5.96. The third kappa shape index (κ3) is 3.01. The molecule has 1 saturated carbocycles. The molecule has 0 bridgehead atoms. The molecule has 0 amide bonds. The number of rotatable bonds is 7. The lowest BCUT2D eigenvalue weighted by Crippen LogP contribution is -2.38. The van der Waals surface area contributed by atoms with E-state index in [9.17, 15) is 4.79 Å². The number of carboxylic acid groups (broad SMARTS) is 1. The summed E-state index contributed by atoms with van der Waals surface area (Å²) in [5, 5.41) is 9.16. The molecule has 6 nitrogen and oxygen atoms in total. The van der Waals surface area contributed by atoms with Gasteiger partial charge in [-0.15, -0.1) is 0 Å². The Bertz CT molecular complexity index is 489. The predicted molar refractivity (Wildman–Crippen MR) is 77.0 cm³/mol. The van der Waals surface area contributed by atoms with Crippen molar-refractivity contribution in [3.8, 4) is 0 Å². The van der Waals surface area contributed by atoms with E-state index in [0.717, 1.165) is 0 Å². The Morgan fingerprint density at radius 1 is 1.65 bits per heavy atom. The normalized spacial score (nSPS) is 15.9. The zero-order valence-electron chi connectivity index (χ0n) is 11.9. The molecule has 6 heteroatoms. The number of anilines is 2. The average molecular weight is 279 g/mol. The maximum Gasteiger partial charge on any atom is 0.337 e. The first kappa shape index (κ1) is 14.6. The van der Waals surface area contributed by atoms with Gasteiger partial charge in [0.1, 0.15) is 0 Å². The van der Waals surface area contributed by atoms with Gasteiger partial charge < -0.3 is 20.5 Å². The highest BCUT2D eigenvalue weighted by atomic mass is 16.5. The number of ether oxygens (including phenoxy) is 1. The lowest BCUT2D eigenvalue weighted by atomic mass is 10.1. The van der Waals surface area contributed by atoms with Gasteiger partial charge in [-0.2, -0.15) is 0 Å². The second kappa shape index (κ2) is 6.09. The third-order valence-electron chi connectivity index (χ3n) is 3.80. The number of carboxylic acids is 1. The Hall–Kier alpha value is -1.82. The number of pyridine rings is 1. The molecule has 1 aromatic heterocycles. The second-order valence-corrected chi connectivity index (χ2v) is 5.17. The number of nitrogen functional groups attached to an aromatic ring is 1. The molecule has 2 rings (SSSR count). The van der Waals surface area contributed by atoms with Crippen LogP contribution in [0.3, 0.4) is 0 Å². The van der Waals surface area contributed by atoms with Crippen LogP contribution in [-0.4, -0.2) is 42.4 Å². The number of nitrogens with two attached hydrogens (primary N) is 1. The van der Waals surface area contributed by atoms with Crippen molar-refractivity contribution < 1.29 is 14.6 Å². The van der Waals surface area contributed by atoms with Crippen LogP contribution >= 0.6 is 0 Å². The van der Waals surface area contributed by atoms with Gasteiger partial charge in [-0.05, 0) is 31.7 Å². The number of hydrogen-bond donors (Lipinski definition) is 2. The Labute approximate surface area is 118 Å². The van der Waals surface area contributed by atoms with Crippen LogP contribution in [0, 0.1) is 5.92 Å². The first-order valence-corrected chi connectivity index (χ1v) is 6.79. The fourth-order valence-corrected chi connectivity index (χ4v) is 2.40. The second-order valence-electron chi connectivity index (χ2n) is 5.17. The third-order valence-corrected chi connectivity index (χ3v) is 3.80. The molecule has 1 aromatic rings. The van der Waals surface area contributed by atoms with Crippen molar-refractivity contribution >= 4 is 17.5 Å². The maximum atomic E-state index is 11.2. The van der Waals surface area contributed by atoms with Gasteiger partial charge in [-0.25, -0.2) is 9.78 Å². The fraction of sp³-hybridized carbons (Fsp3) is 0.571. The van der Waals surface area contributed by atoms with Crippen molar-refractivity contribution in [2.75, 3.05) is 30.9 Å². The van der Waals surface area contributed by atoms with Crippen molar-refractivity contribution in [2.45, 2.75) is 25.8 Å². The van der Waals surface area contributed by atoms with E-state index in [4.69, 9.17) is 15.6 Å². The van der Waals surface area contributed by atoms with Gasteiger partial charge in [0.25, 0.3) is 0 Å². The average Bonchev–Trinajstić information content (AvgIpc) is 3.24. The van der Waals surface area contributed by atoms with Gasteiger partial charge in [-0.1, -0.05) is 0 Å². The van der Waals surface area contributed by atoms with Gasteiger partial charge >= 0.3 is 5.97 Å². The Balaban J connectivity index is 2.31.